The van der Waals surface area contributed by atoms with Crippen LogP contribution in [0.4, 0.5) is 5.95 Å². The summed E-state index contributed by atoms with van der Waals surface area (Å²) in [6.07, 6.45) is 3.88. The number of anilines is 1. The fourth-order valence-electron chi connectivity index (χ4n) is 5.72. The minimum atomic E-state index is -0.238. The lowest BCUT2D eigenvalue weighted by Gasteiger charge is -2.49. The van der Waals surface area contributed by atoms with Gasteiger partial charge in [0.05, 0.1) is 22.7 Å². The van der Waals surface area contributed by atoms with Crippen molar-refractivity contribution in [3.63, 3.8) is 0 Å². The van der Waals surface area contributed by atoms with E-state index in [-0.39, 0.29) is 23.3 Å². The van der Waals surface area contributed by atoms with Crippen LogP contribution in [0.5, 0.6) is 0 Å². The topological polar surface area (TPSA) is 100 Å². The normalized spacial score (nSPS) is 18.6. The molecule has 2 aliphatic heterocycles. The van der Waals surface area contributed by atoms with Crippen LogP contribution in [-0.4, -0.2) is 75.6 Å². The van der Waals surface area contributed by atoms with E-state index in [0.717, 1.165) is 54.5 Å². The first kappa shape index (κ1) is 29.1. The highest BCUT2D eigenvalue weighted by molar-refractivity contribution is 9.10. The second kappa shape index (κ2) is 12.6. The number of likely N-dealkylation sites (tertiary alicyclic amines) is 2. The number of amides is 2. The Morgan fingerprint density at radius 2 is 1.67 bits per heavy atom. The number of piperidine rings is 2. The molecule has 2 saturated heterocycles. The van der Waals surface area contributed by atoms with E-state index in [1.807, 2.05) is 11.8 Å². The first-order valence-corrected chi connectivity index (χ1v) is 14.5. The molecule has 0 spiro atoms. The van der Waals surface area contributed by atoms with Gasteiger partial charge in [0.15, 0.2) is 0 Å². The minimum absolute atomic E-state index is 0.0357. The maximum absolute atomic E-state index is 13.4. The molecule has 0 atom stereocenters. The van der Waals surface area contributed by atoms with E-state index in [2.05, 4.69) is 72.5 Å². The van der Waals surface area contributed by atoms with Gasteiger partial charge < -0.3 is 9.74 Å². The minimum Gasteiger partial charge on any atom is -0.396 e. The lowest BCUT2D eigenvalue weighted by atomic mass is 9.82. The lowest BCUT2D eigenvalue weighted by Crippen LogP contribution is -2.56. The average molecular weight is 600 g/mol. The maximum Gasteiger partial charge on any atom is 0.257 e. The number of aryl methyl sites for hydroxylation is 2. The van der Waals surface area contributed by atoms with Gasteiger partial charge in [-0.25, -0.2) is 9.97 Å². The number of carbonyl (C=O) groups is 2. The average Bonchev–Trinajstić information content (AvgIpc) is 2.90. The molecule has 0 saturated carbocycles. The molecule has 4 rings (SSSR count). The Kier molecular flexibility index (Phi) is 9.38. The molecule has 9 nitrogen and oxygen atoms in total. The Bertz CT molecular complexity index is 1190. The molecule has 0 aliphatic carbocycles. The fraction of sp³-hybridized carbons (Fsp3) is 0.552. The van der Waals surface area contributed by atoms with Crippen LogP contribution in [-0.2, 0) is 9.63 Å². The number of benzene rings is 1. The number of rotatable bonds is 7. The second-order valence-corrected chi connectivity index (χ2v) is 11.6. The van der Waals surface area contributed by atoms with Gasteiger partial charge in [0.2, 0.25) is 11.9 Å². The van der Waals surface area contributed by atoms with Gasteiger partial charge in [-0.15, -0.1) is 0 Å². The van der Waals surface area contributed by atoms with Gasteiger partial charge in [-0.1, -0.05) is 33.2 Å². The van der Waals surface area contributed by atoms with Gasteiger partial charge >= 0.3 is 0 Å². The zero-order chi connectivity index (χ0) is 28.2. The molecule has 0 unspecified atom stereocenters. The number of nitrogens with zero attached hydrogens (tertiary/aromatic N) is 5. The monoisotopic (exact) mass is 598 g/mol. The van der Waals surface area contributed by atoms with E-state index < -0.39 is 0 Å². The van der Waals surface area contributed by atoms with Crippen molar-refractivity contribution in [2.75, 3.05) is 38.1 Å². The van der Waals surface area contributed by atoms with Crippen LogP contribution < -0.4 is 5.32 Å². The molecular formula is C29H39BrN6O3. The molecule has 10 heteroatoms. The molecule has 0 radical (unpaired) electrons. The summed E-state index contributed by atoms with van der Waals surface area (Å²) < 4.78 is 1.05. The highest BCUT2D eigenvalue weighted by atomic mass is 79.9. The fourth-order valence-corrected chi connectivity index (χ4v) is 5.98. The zero-order valence-electron chi connectivity index (χ0n) is 23.6. The van der Waals surface area contributed by atoms with E-state index in [1.54, 1.807) is 13.8 Å². The molecule has 0 bridgehead atoms. The number of carbonyl (C=O) groups excluding carboxylic acids is 2. The molecule has 39 heavy (non-hydrogen) atoms. The molecule has 3 heterocycles. The SMILES string of the molecule is CCO/N=C(/c1ccc(Br)cc1)C1CCN(C2(C)CCN(C(=O)c3c(C)nc(NC(C)=O)nc3C)CC2)CC1. The summed E-state index contributed by atoms with van der Waals surface area (Å²) in [4.78, 5) is 43.5. The van der Waals surface area contributed by atoms with Gasteiger partial charge in [-0.2, -0.15) is 0 Å². The zero-order valence-corrected chi connectivity index (χ0v) is 25.2. The summed E-state index contributed by atoms with van der Waals surface area (Å²) in [5, 5.41) is 7.12. The largest absolute Gasteiger partial charge is 0.396 e. The van der Waals surface area contributed by atoms with Crippen molar-refractivity contribution in [1.82, 2.24) is 19.8 Å². The molecule has 2 amide bonds. The van der Waals surface area contributed by atoms with E-state index in [1.165, 1.54) is 6.92 Å². The quantitative estimate of drug-likeness (QED) is 0.357. The van der Waals surface area contributed by atoms with E-state index in [0.29, 0.717) is 42.6 Å². The Balaban J connectivity index is 1.37. The van der Waals surface area contributed by atoms with Crippen molar-refractivity contribution in [3.05, 3.63) is 51.3 Å². The van der Waals surface area contributed by atoms with Crippen molar-refractivity contribution >= 4 is 39.4 Å². The van der Waals surface area contributed by atoms with Crippen LogP contribution in [0.3, 0.4) is 0 Å². The standard InChI is InChI=1S/C29H39BrN6O3/c1-6-39-34-26(22-7-9-24(30)10-8-22)23-11-15-36(16-12-23)29(5)13-17-35(18-14-29)27(38)25-19(2)31-28(32-20(25)3)33-21(4)37/h7-10,23H,6,11-18H2,1-5H3,(H,31,32,33,37)/b34-26-. The Morgan fingerprint density at radius 1 is 1.08 bits per heavy atom. The molecule has 2 fully saturated rings. The molecular weight excluding hydrogens is 560 g/mol. The van der Waals surface area contributed by atoms with Crippen molar-refractivity contribution in [2.45, 2.75) is 65.8 Å². The summed E-state index contributed by atoms with van der Waals surface area (Å²) in [6.45, 7) is 13.2. The van der Waals surface area contributed by atoms with Crippen LogP contribution in [0.25, 0.3) is 0 Å². The Labute approximate surface area is 239 Å². The summed E-state index contributed by atoms with van der Waals surface area (Å²) in [5.74, 6) is 0.314. The molecule has 1 aromatic carbocycles. The number of nitrogens with one attached hydrogen (secondary N) is 1. The number of aromatic nitrogens is 2. The first-order chi connectivity index (χ1) is 18.6. The van der Waals surface area contributed by atoms with E-state index in [9.17, 15) is 9.59 Å². The van der Waals surface area contributed by atoms with Crippen LogP contribution >= 0.6 is 15.9 Å². The summed E-state index contributed by atoms with van der Waals surface area (Å²) >= 11 is 3.52. The van der Waals surface area contributed by atoms with E-state index in [4.69, 9.17) is 4.84 Å². The highest BCUT2D eigenvalue weighted by Crippen LogP contribution is 2.34. The Morgan fingerprint density at radius 3 is 2.21 bits per heavy atom. The van der Waals surface area contributed by atoms with Crippen LogP contribution in [0, 0.1) is 19.8 Å². The van der Waals surface area contributed by atoms with Crippen LogP contribution in [0.15, 0.2) is 33.9 Å². The number of hydrogen-bond donors (Lipinski definition) is 1. The third kappa shape index (κ3) is 6.84. The van der Waals surface area contributed by atoms with Gasteiger partial charge in [0, 0.05) is 35.9 Å². The molecule has 1 N–H and O–H groups in total. The van der Waals surface area contributed by atoms with Crippen molar-refractivity contribution in [2.24, 2.45) is 11.1 Å². The molecule has 1 aromatic heterocycles. The summed E-state index contributed by atoms with van der Waals surface area (Å²) in [6, 6.07) is 8.30. The van der Waals surface area contributed by atoms with Gasteiger partial charge in [0.1, 0.15) is 6.61 Å². The smallest absolute Gasteiger partial charge is 0.257 e. The first-order valence-electron chi connectivity index (χ1n) is 13.7. The summed E-state index contributed by atoms with van der Waals surface area (Å²) in [7, 11) is 0. The number of oxime groups is 1. The third-order valence-corrected chi connectivity index (χ3v) is 8.51. The van der Waals surface area contributed by atoms with E-state index >= 15 is 0 Å². The Hall–Kier alpha value is -2.85. The van der Waals surface area contributed by atoms with Gasteiger partial charge in [-0.05, 0) is 84.2 Å². The van der Waals surface area contributed by atoms with Crippen molar-refractivity contribution < 1.29 is 14.4 Å². The van der Waals surface area contributed by atoms with Crippen LogP contribution in [0.1, 0.15) is 73.8 Å². The predicted octanol–water partition coefficient (Wildman–Crippen LogP) is 4.96. The second-order valence-electron chi connectivity index (χ2n) is 10.7. The lowest BCUT2D eigenvalue weighted by molar-refractivity contribution is -0.114. The molecule has 210 valence electrons. The summed E-state index contributed by atoms with van der Waals surface area (Å²) in [5.41, 5.74) is 3.90. The maximum atomic E-state index is 13.4. The number of halogens is 1. The highest BCUT2D eigenvalue weighted by Gasteiger charge is 2.39. The van der Waals surface area contributed by atoms with Gasteiger partial charge in [0.25, 0.3) is 5.91 Å². The predicted molar refractivity (Wildman–Crippen MR) is 156 cm³/mol. The van der Waals surface area contributed by atoms with Crippen LogP contribution in [0.2, 0.25) is 0 Å². The molecule has 2 aliphatic rings. The third-order valence-electron chi connectivity index (χ3n) is 7.98. The van der Waals surface area contributed by atoms with Gasteiger partial charge in [-0.3, -0.25) is 19.8 Å². The molecule has 2 aromatic rings. The van der Waals surface area contributed by atoms with Crippen molar-refractivity contribution in [3.8, 4) is 0 Å². The van der Waals surface area contributed by atoms with Crippen molar-refractivity contribution in [1.29, 1.82) is 0 Å². The number of hydrogen-bond acceptors (Lipinski definition) is 7.